The Balaban J connectivity index is 1.61. The number of aryl methyl sites for hydroxylation is 1. The molecule has 0 radical (unpaired) electrons. The third-order valence-corrected chi connectivity index (χ3v) is 7.76. The topological polar surface area (TPSA) is 40.6 Å². The van der Waals surface area contributed by atoms with E-state index in [-0.39, 0.29) is 29.3 Å². The molecule has 0 unspecified atom stereocenters. The largest absolute Gasteiger partial charge is 0.327 e. The van der Waals surface area contributed by atoms with E-state index in [0.717, 1.165) is 22.3 Å². The van der Waals surface area contributed by atoms with Crippen LogP contribution in [-0.2, 0) is 22.2 Å². The number of hydrogen-bond donors (Lipinski definition) is 0. The lowest BCUT2D eigenvalue weighted by Gasteiger charge is -2.37. The predicted octanol–water partition coefficient (Wildman–Crippen LogP) is 6.35. The van der Waals surface area contributed by atoms with E-state index < -0.39 is 5.54 Å². The number of allylic oxidation sites excluding steroid dienone is 2. The Labute approximate surface area is 204 Å². The molecule has 1 fully saturated rings. The molecule has 0 spiro atoms. The molecule has 1 aliphatic carbocycles. The van der Waals surface area contributed by atoms with Crippen molar-refractivity contribution in [1.82, 2.24) is 9.80 Å². The molecule has 3 amide bonds. The number of urea groups is 1. The minimum absolute atomic E-state index is 0.00417. The molecule has 1 saturated heterocycles. The summed E-state index contributed by atoms with van der Waals surface area (Å²) in [6, 6.07) is 12.4. The summed E-state index contributed by atoms with van der Waals surface area (Å²) in [5.74, 6) is -0.169. The summed E-state index contributed by atoms with van der Waals surface area (Å²) >= 11 is 0. The van der Waals surface area contributed by atoms with Crippen molar-refractivity contribution in [3.63, 3.8) is 0 Å². The molecule has 2 aliphatic rings. The van der Waals surface area contributed by atoms with Gasteiger partial charge in [0.1, 0.15) is 5.54 Å². The van der Waals surface area contributed by atoms with Gasteiger partial charge in [-0.2, -0.15) is 0 Å². The van der Waals surface area contributed by atoms with E-state index in [9.17, 15) is 9.59 Å². The molecule has 0 saturated carbocycles. The lowest BCUT2D eigenvalue weighted by atomic mass is 9.67. The van der Waals surface area contributed by atoms with Crippen LogP contribution in [0.15, 0.2) is 55.1 Å². The number of nitrogens with zero attached hydrogens (tertiary/aromatic N) is 2. The first kappa shape index (κ1) is 24.0. The molecular weight excluding hydrogens is 420 g/mol. The Bertz CT molecular complexity index is 1230. The number of likely N-dealkylation sites (N-methyl/N-ethyl adjacent to an activating group) is 1. The smallest absolute Gasteiger partial charge is 0.313 e. The fraction of sp³-hybridized carbons (Fsp3) is 0.400. The van der Waals surface area contributed by atoms with Gasteiger partial charge in [-0.15, -0.1) is 0 Å². The predicted molar refractivity (Wildman–Crippen MR) is 139 cm³/mol. The molecule has 0 atom stereocenters. The molecule has 178 valence electrons. The van der Waals surface area contributed by atoms with Crippen LogP contribution < -0.4 is 0 Å². The van der Waals surface area contributed by atoms with E-state index in [1.54, 1.807) is 20.9 Å². The quantitative estimate of drug-likeness (QED) is 0.397. The zero-order chi connectivity index (χ0) is 25.2. The van der Waals surface area contributed by atoms with Gasteiger partial charge in [-0.3, -0.25) is 9.69 Å². The minimum Gasteiger partial charge on any atom is -0.313 e. The molecule has 4 rings (SSSR count). The van der Waals surface area contributed by atoms with Crippen molar-refractivity contribution in [2.24, 2.45) is 0 Å². The second kappa shape index (κ2) is 7.69. The highest BCUT2D eigenvalue weighted by atomic mass is 16.2. The number of carbonyl (C=O) groups is 2. The number of rotatable bonds is 4. The number of amides is 3. The zero-order valence-corrected chi connectivity index (χ0v) is 21.7. The summed E-state index contributed by atoms with van der Waals surface area (Å²) in [4.78, 5) is 28.1. The number of carbonyl (C=O) groups excluding carboxylic acids is 2. The van der Waals surface area contributed by atoms with Crippen molar-refractivity contribution >= 4 is 17.5 Å². The minimum atomic E-state index is -0.813. The van der Waals surface area contributed by atoms with Crippen LogP contribution >= 0.6 is 0 Å². The van der Waals surface area contributed by atoms with Crippen LogP contribution in [0.3, 0.4) is 0 Å². The van der Waals surface area contributed by atoms with Crippen molar-refractivity contribution in [1.29, 1.82) is 0 Å². The first-order valence-electron chi connectivity index (χ1n) is 11.9. The van der Waals surface area contributed by atoms with E-state index in [1.807, 2.05) is 24.3 Å². The highest BCUT2D eigenvalue weighted by Gasteiger charge is 2.49. The Kier molecular flexibility index (Phi) is 5.43. The van der Waals surface area contributed by atoms with Gasteiger partial charge in [0, 0.05) is 17.9 Å². The molecule has 34 heavy (non-hydrogen) atoms. The Morgan fingerprint density at radius 1 is 0.882 bits per heavy atom. The number of hydrogen-bond acceptors (Lipinski definition) is 2. The lowest BCUT2D eigenvalue weighted by Crippen LogP contribution is -2.41. The molecule has 2 aromatic rings. The van der Waals surface area contributed by atoms with Crippen molar-refractivity contribution < 1.29 is 9.59 Å². The molecule has 4 heteroatoms. The maximum absolute atomic E-state index is 12.7. The third kappa shape index (κ3) is 3.70. The number of benzene rings is 2. The molecule has 2 aromatic carbocycles. The van der Waals surface area contributed by atoms with Crippen LogP contribution in [0.4, 0.5) is 4.79 Å². The van der Waals surface area contributed by atoms with Gasteiger partial charge in [-0.05, 0) is 65.8 Å². The van der Waals surface area contributed by atoms with E-state index in [0.29, 0.717) is 0 Å². The van der Waals surface area contributed by atoms with Crippen LogP contribution in [0.2, 0.25) is 0 Å². The van der Waals surface area contributed by atoms with E-state index in [1.165, 1.54) is 26.5 Å². The number of imide groups is 1. The second-order valence-electron chi connectivity index (χ2n) is 11.5. The average molecular weight is 457 g/mol. The average Bonchev–Trinajstić information content (AvgIpc) is 2.91. The highest BCUT2D eigenvalue weighted by Crippen LogP contribution is 2.43. The lowest BCUT2D eigenvalue weighted by molar-refractivity contribution is -0.132. The van der Waals surface area contributed by atoms with Crippen molar-refractivity contribution in [3.05, 3.63) is 88.5 Å². The molecule has 1 aliphatic heterocycles. The van der Waals surface area contributed by atoms with Crippen molar-refractivity contribution in [3.8, 4) is 0 Å². The first-order chi connectivity index (χ1) is 15.7. The molecule has 0 N–H and O–H groups in total. The van der Waals surface area contributed by atoms with E-state index >= 15 is 0 Å². The van der Waals surface area contributed by atoms with Gasteiger partial charge in [0.05, 0.1) is 6.54 Å². The van der Waals surface area contributed by atoms with Crippen LogP contribution in [0, 0.1) is 6.92 Å². The van der Waals surface area contributed by atoms with Gasteiger partial charge in [0.25, 0.3) is 5.91 Å². The number of fused-ring (bicyclic) bond motifs is 1. The van der Waals surface area contributed by atoms with Gasteiger partial charge in [0.2, 0.25) is 0 Å². The van der Waals surface area contributed by atoms with Gasteiger partial charge >= 0.3 is 6.03 Å². The van der Waals surface area contributed by atoms with Gasteiger partial charge in [-0.25, -0.2) is 4.79 Å². The molecule has 4 nitrogen and oxygen atoms in total. The van der Waals surface area contributed by atoms with Crippen LogP contribution in [-0.4, -0.2) is 34.3 Å². The standard InChI is InChI=1S/C30H36N2O2/c1-19-16-24-25(29(5,6)15-14-28(24,3)4)17-23(19)20(2)22-12-10-21(11-13-22)18-32-26(33)30(7,8)31(9)27(32)34/h10-17H,2,18H2,1,3-9H3. The molecule has 1 heterocycles. The highest BCUT2D eigenvalue weighted by molar-refractivity contribution is 6.06. The van der Waals surface area contributed by atoms with Gasteiger partial charge in [-0.1, -0.05) is 76.8 Å². The van der Waals surface area contributed by atoms with Crippen molar-refractivity contribution in [2.45, 2.75) is 71.4 Å². The summed E-state index contributed by atoms with van der Waals surface area (Å²) in [5, 5.41) is 0. The normalized spacial score (nSPS) is 20.0. The fourth-order valence-corrected chi connectivity index (χ4v) is 4.97. The maximum Gasteiger partial charge on any atom is 0.327 e. The van der Waals surface area contributed by atoms with Crippen LogP contribution in [0.5, 0.6) is 0 Å². The zero-order valence-electron chi connectivity index (χ0n) is 21.7. The van der Waals surface area contributed by atoms with Crippen LogP contribution in [0.25, 0.3) is 5.57 Å². The fourth-order valence-electron chi connectivity index (χ4n) is 4.97. The van der Waals surface area contributed by atoms with Gasteiger partial charge in [0.15, 0.2) is 0 Å². The van der Waals surface area contributed by atoms with E-state index in [4.69, 9.17) is 0 Å². The SMILES string of the molecule is C=C(c1ccc(CN2C(=O)N(C)C(C)(C)C2=O)cc1)c1cc2c(cc1C)C(C)(C)C=CC2(C)C. The summed E-state index contributed by atoms with van der Waals surface area (Å²) in [7, 11) is 1.67. The second-order valence-corrected chi connectivity index (χ2v) is 11.5. The first-order valence-corrected chi connectivity index (χ1v) is 11.9. The Morgan fingerprint density at radius 2 is 1.41 bits per heavy atom. The monoisotopic (exact) mass is 456 g/mol. The third-order valence-electron chi connectivity index (χ3n) is 7.76. The van der Waals surface area contributed by atoms with Gasteiger partial charge < -0.3 is 4.90 Å². The van der Waals surface area contributed by atoms with Crippen molar-refractivity contribution in [2.75, 3.05) is 7.05 Å². The molecule has 0 aromatic heterocycles. The summed E-state index contributed by atoms with van der Waals surface area (Å²) in [6.07, 6.45) is 4.63. The Hall–Kier alpha value is -3.14. The Morgan fingerprint density at radius 3 is 1.91 bits per heavy atom. The molecule has 0 bridgehead atoms. The summed E-state index contributed by atoms with van der Waals surface area (Å²) in [6.45, 7) is 19.4. The van der Waals surface area contributed by atoms with Crippen LogP contribution in [0.1, 0.15) is 74.9 Å². The summed E-state index contributed by atoms with van der Waals surface area (Å²) < 4.78 is 0. The van der Waals surface area contributed by atoms with E-state index in [2.05, 4.69) is 65.5 Å². The molecular formula is C30H36N2O2. The summed E-state index contributed by atoms with van der Waals surface area (Å²) in [5.41, 5.74) is 7.16. The maximum atomic E-state index is 12.7.